The lowest BCUT2D eigenvalue weighted by atomic mass is 10.3. The Balaban J connectivity index is 1.79. The number of aryl methyl sites for hydroxylation is 1. The molecule has 0 radical (unpaired) electrons. The van der Waals surface area contributed by atoms with Gasteiger partial charge in [0, 0.05) is 16.7 Å². The zero-order valence-electron chi connectivity index (χ0n) is 11.6. The van der Waals surface area contributed by atoms with Crippen LogP contribution in [0.3, 0.4) is 0 Å². The minimum atomic E-state index is -0.130. The molecule has 5 nitrogen and oxygen atoms in total. The molecule has 2 heterocycles. The summed E-state index contributed by atoms with van der Waals surface area (Å²) in [6, 6.07) is 9.36. The molecule has 0 saturated heterocycles. The molecule has 0 bridgehead atoms. The van der Waals surface area contributed by atoms with Crippen LogP contribution < -0.4 is 10.3 Å². The fourth-order valence-corrected chi connectivity index (χ4v) is 3.41. The first-order chi connectivity index (χ1) is 10.2. The van der Waals surface area contributed by atoms with Gasteiger partial charge in [0.05, 0.1) is 12.8 Å². The summed E-state index contributed by atoms with van der Waals surface area (Å²) in [7, 11) is 1.64. The second-order valence-electron chi connectivity index (χ2n) is 4.37. The van der Waals surface area contributed by atoms with Crippen molar-refractivity contribution in [3.63, 3.8) is 0 Å². The minimum absolute atomic E-state index is 0.130. The van der Waals surface area contributed by atoms with Crippen LogP contribution in [0.2, 0.25) is 0 Å². The monoisotopic (exact) mass is 319 g/mol. The Morgan fingerprint density at radius 1 is 1.33 bits per heavy atom. The normalized spacial score (nSPS) is 11.0. The Bertz CT molecular complexity index is 824. The molecule has 3 rings (SSSR count). The first kappa shape index (κ1) is 14.1. The van der Waals surface area contributed by atoms with E-state index in [0.29, 0.717) is 10.7 Å². The Morgan fingerprint density at radius 2 is 2.10 bits per heavy atom. The molecule has 0 aliphatic carbocycles. The van der Waals surface area contributed by atoms with Crippen molar-refractivity contribution in [2.45, 2.75) is 17.6 Å². The van der Waals surface area contributed by atoms with E-state index in [1.807, 2.05) is 31.2 Å². The Labute approximate surface area is 129 Å². The number of aromatic nitrogens is 3. The highest BCUT2D eigenvalue weighted by Crippen LogP contribution is 2.24. The topological polar surface area (TPSA) is 56.5 Å². The van der Waals surface area contributed by atoms with E-state index in [0.717, 1.165) is 21.3 Å². The molecule has 0 unspecified atom stereocenters. The van der Waals surface area contributed by atoms with E-state index in [4.69, 9.17) is 4.74 Å². The fourth-order valence-electron chi connectivity index (χ4n) is 1.86. The predicted molar refractivity (Wildman–Crippen MR) is 84.4 cm³/mol. The van der Waals surface area contributed by atoms with E-state index in [2.05, 4.69) is 10.1 Å². The van der Waals surface area contributed by atoms with Crippen molar-refractivity contribution in [2.75, 3.05) is 7.11 Å². The molecule has 0 aliphatic heterocycles. The fraction of sp³-hybridized carbons (Fsp3) is 0.214. The van der Waals surface area contributed by atoms with Gasteiger partial charge < -0.3 is 4.74 Å². The van der Waals surface area contributed by atoms with Crippen LogP contribution in [0.4, 0.5) is 0 Å². The van der Waals surface area contributed by atoms with Gasteiger partial charge >= 0.3 is 0 Å². The molecule has 0 fully saturated rings. The van der Waals surface area contributed by atoms with Crippen LogP contribution in [0.1, 0.15) is 10.7 Å². The maximum atomic E-state index is 11.9. The average molecular weight is 319 g/mol. The van der Waals surface area contributed by atoms with Crippen molar-refractivity contribution in [2.24, 2.45) is 0 Å². The first-order valence-electron chi connectivity index (χ1n) is 6.29. The molecule has 0 spiro atoms. The molecular weight excluding hydrogens is 306 g/mol. The summed E-state index contributed by atoms with van der Waals surface area (Å²) in [6.07, 6.45) is 0. The molecule has 0 aliphatic rings. The van der Waals surface area contributed by atoms with Gasteiger partial charge in [-0.1, -0.05) is 11.3 Å². The summed E-state index contributed by atoms with van der Waals surface area (Å²) in [5.74, 6) is 1.48. The standard InChI is InChI=1S/C14H13N3O2S2/c1-9-16-17-13(18)7-10(15-14(17)21-9)8-20-12-5-3-11(19-2)4-6-12/h3-7H,8H2,1-2H3. The summed E-state index contributed by atoms with van der Waals surface area (Å²) in [6.45, 7) is 1.87. The number of hydrogen-bond acceptors (Lipinski definition) is 6. The second kappa shape index (κ2) is 5.87. The van der Waals surface area contributed by atoms with Gasteiger partial charge in [0.15, 0.2) is 0 Å². The van der Waals surface area contributed by atoms with E-state index < -0.39 is 0 Å². The van der Waals surface area contributed by atoms with Crippen molar-refractivity contribution >= 4 is 28.1 Å². The van der Waals surface area contributed by atoms with E-state index in [1.54, 1.807) is 24.9 Å². The molecule has 108 valence electrons. The number of nitrogens with zero attached hydrogens (tertiary/aromatic N) is 3. The highest BCUT2D eigenvalue weighted by atomic mass is 32.2. The molecule has 0 atom stereocenters. The molecule has 7 heteroatoms. The van der Waals surface area contributed by atoms with E-state index in [-0.39, 0.29) is 5.56 Å². The lowest BCUT2D eigenvalue weighted by molar-refractivity contribution is 0.414. The largest absolute Gasteiger partial charge is 0.497 e. The lowest BCUT2D eigenvalue weighted by Crippen LogP contribution is -2.15. The van der Waals surface area contributed by atoms with Gasteiger partial charge in [-0.25, -0.2) is 4.98 Å². The van der Waals surface area contributed by atoms with Crippen molar-refractivity contribution < 1.29 is 4.74 Å². The predicted octanol–water partition coefficient (Wildman–Crippen LogP) is 2.76. The van der Waals surface area contributed by atoms with Gasteiger partial charge in [0.1, 0.15) is 10.8 Å². The number of ether oxygens (including phenoxy) is 1. The summed E-state index contributed by atoms with van der Waals surface area (Å²) in [4.78, 5) is 18.2. The molecule has 0 saturated carbocycles. The molecule has 0 N–H and O–H groups in total. The van der Waals surface area contributed by atoms with Crippen molar-refractivity contribution in [3.05, 3.63) is 51.4 Å². The lowest BCUT2D eigenvalue weighted by Gasteiger charge is -2.03. The van der Waals surface area contributed by atoms with Crippen LogP contribution in [0, 0.1) is 6.92 Å². The number of benzene rings is 1. The summed E-state index contributed by atoms with van der Waals surface area (Å²) in [5, 5.41) is 4.96. The summed E-state index contributed by atoms with van der Waals surface area (Å²) < 4.78 is 6.48. The zero-order chi connectivity index (χ0) is 14.8. The number of methoxy groups -OCH3 is 1. The van der Waals surface area contributed by atoms with Crippen molar-refractivity contribution in [3.8, 4) is 5.75 Å². The first-order valence-corrected chi connectivity index (χ1v) is 8.09. The van der Waals surface area contributed by atoms with Crippen LogP contribution in [-0.4, -0.2) is 21.7 Å². The summed E-state index contributed by atoms with van der Waals surface area (Å²) >= 11 is 3.06. The summed E-state index contributed by atoms with van der Waals surface area (Å²) in [5.41, 5.74) is 0.638. The number of thioether (sulfide) groups is 1. The Hall–Kier alpha value is -1.86. The van der Waals surface area contributed by atoms with Crippen molar-refractivity contribution in [1.82, 2.24) is 14.6 Å². The van der Waals surface area contributed by atoms with Gasteiger partial charge in [-0.3, -0.25) is 4.79 Å². The Morgan fingerprint density at radius 3 is 2.81 bits per heavy atom. The number of rotatable bonds is 4. The highest BCUT2D eigenvalue weighted by molar-refractivity contribution is 7.98. The van der Waals surface area contributed by atoms with Gasteiger partial charge in [0.25, 0.3) is 5.56 Å². The highest BCUT2D eigenvalue weighted by Gasteiger charge is 2.07. The van der Waals surface area contributed by atoms with Gasteiger partial charge in [-0.2, -0.15) is 9.61 Å². The van der Waals surface area contributed by atoms with E-state index >= 15 is 0 Å². The molecule has 2 aromatic heterocycles. The molecule has 3 aromatic rings. The van der Waals surface area contributed by atoms with Crippen LogP contribution in [-0.2, 0) is 5.75 Å². The third kappa shape index (κ3) is 3.08. The number of fused-ring (bicyclic) bond motifs is 1. The molecular formula is C14H13N3O2S2. The molecule has 1 aromatic carbocycles. The molecule has 21 heavy (non-hydrogen) atoms. The Kier molecular flexibility index (Phi) is 3.94. The van der Waals surface area contributed by atoms with Gasteiger partial charge in [-0.05, 0) is 31.2 Å². The van der Waals surface area contributed by atoms with Gasteiger partial charge in [-0.15, -0.1) is 11.8 Å². The smallest absolute Gasteiger partial charge is 0.275 e. The maximum Gasteiger partial charge on any atom is 0.275 e. The minimum Gasteiger partial charge on any atom is -0.497 e. The third-order valence-electron chi connectivity index (χ3n) is 2.85. The van der Waals surface area contributed by atoms with Crippen molar-refractivity contribution in [1.29, 1.82) is 0 Å². The molecule has 0 amide bonds. The third-order valence-corrected chi connectivity index (χ3v) is 4.71. The quantitative estimate of drug-likeness (QED) is 0.692. The van der Waals surface area contributed by atoms with Crippen LogP contribution in [0.15, 0.2) is 40.0 Å². The van der Waals surface area contributed by atoms with Crippen LogP contribution in [0.5, 0.6) is 5.75 Å². The van der Waals surface area contributed by atoms with Crippen LogP contribution in [0.25, 0.3) is 4.96 Å². The second-order valence-corrected chi connectivity index (χ2v) is 6.57. The SMILES string of the molecule is COc1ccc(SCc2cc(=O)n3nc(C)sc3n2)cc1. The number of hydrogen-bond donors (Lipinski definition) is 0. The average Bonchev–Trinajstić information content (AvgIpc) is 2.87. The van der Waals surface area contributed by atoms with E-state index in [1.165, 1.54) is 15.9 Å². The van der Waals surface area contributed by atoms with E-state index in [9.17, 15) is 4.79 Å². The zero-order valence-corrected chi connectivity index (χ0v) is 13.2. The van der Waals surface area contributed by atoms with Crippen LogP contribution >= 0.6 is 23.1 Å². The maximum absolute atomic E-state index is 11.9. The van der Waals surface area contributed by atoms with Gasteiger partial charge in [0.2, 0.25) is 4.96 Å².